The molecule has 1 fully saturated rings. The van der Waals surface area contributed by atoms with E-state index in [0.717, 1.165) is 35.8 Å². The Kier molecular flexibility index (Phi) is 4.40. The van der Waals surface area contributed by atoms with Crippen LogP contribution >= 0.6 is 0 Å². The van der Waals surface area contributed by atoms with E-state index in [0.29, 0.717) is 18.7 Å². The summed E-state index contributed by atoms with van der Waals surface area (Å²) in [5.41, 5.74) is 7.02. The van der Waals surface area contributed by atoms with E-state index in [1.165, 1.54) is 10.7 Å². The number of nitrogens with zero attached hydrogens (tertiary/aromatic N) is 6. The zero-order valence-corrected chi connectivity index (χ0v) is 16.8. The van der Waals surface area contributed by atoms with Gasteiger partial charge in [-0.2, -0.15) is 18.3 Å². The van der Waals surface area contributed by atoms with E-state index in [4.69, 9.17) is 5.73 Å². The summed E-state index contributed by atoms with van der Waals surface area (Å²) in [5, 5.41) is 8.48. The van der Waals surface area contributed by atoms with Crippen molar-refractivity contribution in [3.8, 4) is 0 Å². The van der Waals surface area contributed by atoms with Crippen LogP contribution in [0.1, 0.15) is 37.1 Å². The number of hydrogen-bond acceptors (Lipinski definition) is 6. The molecule has 1 saturated carbocycles. The maximum atomic E-state index is 13.0. The summed E-state index contributed by atoms with van der Waals surface area (Å²) in [6, 6.07) is 5.08. The highest BCUT2D eigenvalue weighted by Gasteiger charge is 2.37. The smallest absolute Gasteiger partial charge is 0.368 e. The predicted octanol–water partition coefficient (Wildman–Crippen LogP) is 3.24. The van der Waals surface area contributed by atoms with Crippen LogP contribution in [0.25, 0.3) is 16.7 Å². The molecular formula is C20H21F3N8. The van der Waals surface area contributed by atoms with Gasteiger partial charge in [0, 0.05) is 19.3 Å². The number of aromatic nitrogens is 6. The van der Waals surface area contributed by atoms with Gasteiger partial charge in [-0.15, -0.1) is 0 Å². The van der Waals surface area contributed by atoms with Crippen molar-refractivity contribution >= 4 is 22.5 Å². The number of imidazole rings is 1. The lowest BCUT2D eigenvalue weighted by Crippen LogP contribution is -2.44. The zero-order valence-electron chi connectivity index (χ0n) is 16.8. The fraction of sp³-hybridized carbons (Fsp3) is 0.400. The fourth-order valence-electron chi connectivity index (χ4n) is 4.35. The molecule has 31 heavy (non-hydrogen) atoms. The predicted molar refractivity (Wildman–Crippen MR) is 108 cm³/mol. The Balaban J connectivity index is 1.36. The molecule has 0 radical (unpaired) electrons. The van der Waals surface area contributed by atoms with Crippen LogP contribution in [0.2, 0.25) is 0 Å². The fourth-order valence-corrected chi connectivity index (χ4v) is 4.35. The van der Waals surface area contributed by atoms with Crippen molar-refractivity contribution in [3.05, 3.63) is 48.3 Å². The zero-order chi connectivity index (χ0) is 21.8. The first-order chi connectivity index (χ1) is 14.7. The average molecular weight is 430 g/mol. The molecule has 162 valence electrons. The Morgan fingerprint density at radius 2 is 1.97 bits per heavy atom. The number of nitrogens with two attached hydrogens (primary N) is 1. The van der Waals surface area contributed by atoms with Gasteiger partial charge in [-0.05, 0) is 37.8 Å². The summed E-state index contributed by atoms with van der Waals surface area (Å²) in [5.74, 6) is 0.576. The van der Waals surface area contributed by atoms with E-state index in [-0.39, 0.29) is 11.7 Å². The first kappa shape index (κ1) is 19.7. The third-order valence-electron chi connectivity index (χ3n) is 6.01. The summed E-state index contributed by atoms with van der Waals surface area (Å²) in [6.45, 7) is 0. The quantitative estimate of drug-likeness (QED) is 0.518. The highest BCUT2D eigenvalue weighted by Crippen LogP contribution is 2.37. The number of aryl methyl sites for hydroxylation is 1. The van der Waals surface area contributed by atoms with Crippen molar-refractivity contribution in [2.75, 3.05) is 5.32 Å². The summed E-state index contributed by atoms with van der Waals surface area (Å²) in [6.07, 6.45) is 2.64. The standard InChI is InChI=1S/C20H21F3N8/c1-30-18-13(9-27-30)17(25-11-26-18)19(24)7-5-12(6-8-19)28-15-3-2-4-16-29-14(10-31(15)16)20(21,22)23/h2-4,9-12,28H,5-8,24H2,1H3. The number of alkyl halides is 3. The molecule has 8 nitrogen and oxygen atoms in total. The molecule has 4 aromatic heterocycles. The molecule has 11 heteroatoms. The number of halogens is 3. The molecule has 4 aromatic rings. The summed E-state index contributed by atoms with van der Waals surface area (Å²) >= 11 is 0. The highest BCUT2D eigenvalue weighted by atomic mass is 19.4. The first-order valence-corrected chi connectivity index (χ1v) is 9.98. The SMILES string of the molecule is Cn1ncc2c(C3(N)CCC(Nc4cccc5nc(C(F)(F)F)cn45)CC3)ncnc21. The minimum atomic E-state index is -4.48. The molecule has 3 N–H and O–H groups in total. The minimum absolute atomic E-state index is 0.0743. The van der Waals surface area contributed by atoms with Gasteiger partial charge < -0.3 is 11.1 Å². The van der Waals surface area contributed by atoms with Crippen LogP contribution < -0.4 is 11.1 Å². The number of anilines is 1. The van der Waals surface area contributed by atoms with Crippen LogP contribution in [0.3, 0.4) is 0 Å². The topological polar surface area (TPSA) is 99.0 Å². The Hall–Kier alpha value is -3.21. The molecule has 4 heterocycles. The van der Waals surface area contributed by atoms with Crippen LogP contribution in [-0.2, 0) is 18.8 Å². The maximum absolute atomic E-state index is 13.0. The Morgan fingerprint density at radius 3 is 2.71 bits per heavy atom. The van der Waals surface area contributed by atoms with Crippen molar-refractivity contribution in [1.82, 2.24) is 29.1 Å². The number of nitrogens with one attached hydrogen (secondary N) is 1. The van der Waals surface area contributed by atoms with Gasteiger partial charge in [-0.1, -0.05) is 6.07 Å². The van der Waals surface area contributed by atoms with Crippen LogP contribution in [0.15, 0.2) is 36.9 Å². The van der Waals surface area contributed by atoms with E-state index in [9.17, 15) is 13.2 Å². The molecule has 0 amide bonds. The number of rotatable bonds is 3. The van der Waals surface area contributed by atoms with Crippen molar-refractivity contribution < 1.29 is 13.2 Å². The molecule has 0 spiro atoms. The molecule has 0 bridgehead atoms. The summed E-state index contributed by atoms with van der Waals surface area (Å²) in [7, 11) is 1.82. The molecule has 1 aliphatic carbocycles. The lowest BCUT2D eigenvalue weighted by molar-refractivity contribution is -0.140. The molecule has 0 aromatic carbocycles. The van der Waals surface area contributed by atoms with Gasteiger partial charge in [-0.3, -0.25) is 9.08 Å². The third kappa shape index (κ3) is 3.38. The molecule has 5 rings (SSSR count). The van der Waals surface area contributed by atoms with Gasteiger partial charge in [0.1, 0.15) is 17.8 Å². The maximum Gasteiger partial charge on any atom is 0.434 e. The Morgan fingerprint density at radius 1 is 1.19 bits per heavy atom. The van der Waals surface area contributed by atoms with Crippen molar-refractivity contribution in [1.29, 1.82) is 0 Å². The van der Waals surface area contributed by atoms with Crippen molar-refractivity contribution in [2.45, 2.75) is 43.4 Å². The monoisotopic (exact) mass is 430 g/mol. The third-order valence-corrected chi connectivity index (χ3v) is 6.01. The Bertz CT molecular complexity index is 1250. The lowest BCUT2D eigenvalue weighted by atomic mass is 9.77. The van der Waals surface area contributed by atoms with E-state index < -0.39 is 17.4 Å². The van der Waals surface area contributed by atoms with E-state index in [2.05, 4.69) is 25.4 Å². The number of fused-ring (bicyclic) bond motifs is 2. The minimum Gasteiger partial charge on any atom is -0.368 e. The van der Waals surface area contributed by atoms with Crippen molar-refractivity contribution in [2.24, 2.45) is 12.8 Å². The van der Waals surface area contributed by atoms with Gasteiger partial charge in [-0.25, -0.2) is 15.0 Å². The molecule has 1 aliphatic rings. The molecular weight excluding hydrogens is 409 g/mol. The molecule has 0 unspecified atom stereocenters. The van der Waals surface area contributed by atoms with Crippen LogP contribution in [0.4, 0.5) is 19.0 Å². The van der Waals surface area contributed by atoms with Gasteiger partial charge in [0.25, 0.3) is 0 Å². The molecule has 0 aliphatic heterocycles. The summed E-state index contributed by atoms with van der Waals surface area (Å²) in [4.78, 5) is 12.4. The highest BCUT2D eigenvalue weighted by molar-refractivity contribution is 5.78. The second-order valence-corrected chi connectivity index (χ2v) is 8.07. The second kappa shape index (κ2) is 6.91. The number of hydrogen-bond donors (Lipinski definition) is 2. The normalized spacial score (nSPS) is 22.3. The van der Waals surface area contributed by atoms with Gasteiger partial charge in [0.2, 0.25) is 0 Å². The van der Waals surface area contributed by atoms with E-state index >= 15 is 0 Å². The van der Waals surface area contributed by atoms with Crippen LogP contribution in [-0.4, -0.2) is 35.2 Å². The van der Waals surface area contributed by atoms with E-state index in [1.807, 2.05) is 7.05 Å². The van der Waals surface area contributed by atoms with Gasteiger partial charge >= 0.3 is 6.18 Å². The largest absolute Gasteiger partial charge is 0.434 e. The van der Waals surface area contributed by atoms with Crippen LogP contribution in [0.5, 0.6) is 0 Å². The Labute approximate surface area is 175 Å². The molecule has 0 atom stereocenters. The van der Waals surface area contributed by atoms with Gasteiger partial charge in [0.05, 0.1) is 22.8 Å². The lowest BCUT2D eigenvalue weighted by Gasteiger charge is -2.37. The summed E-state index contributed by atoms with van der Waals surface area (Å²) < 4.78 is 42.3. The van der Waals surface area contributed by atoms with Gasteiger partial charge in [0.15, 0.2) is 11.3 Å². The first-order valence-electron chi connectivity index (χ1n) is 9.98. The molecule has 0 saturated heterocycles. The second-order valence-electron chi connectivity index (χ2n) is 8.07. The van der Waals surface area contributed by atoms with Crippen LogP contribution in [0, 0.1) is 0 Å². The number of pyridine rings is 1. The van der Waals surface area contributed by atoms with E-state index in [1.54, 1.807) is 29.1 Å². The average Bonchev–Trinajstić information content (AvgIpc) is 3.34. The van der Waals surface area contributed by atoms with Crippen molar-refractivity contribution in [3.63, 3.8) is 0 Å².